The molecule has 0 radical (unpaired) electrons. The fraction of sp³-hybridized carbons (Fsp3) is 1.00. The van der Waals surface area contributed by atoms with E-state index >= 15 is 0 Å². The highest BCUT2D eigenvalue weighted by Gasteiger charge is 2.08. The molecule has 164 valence electrons. The molecule has 0 heterocycles. The first-order chi connectivity index (χ1) is 13.3. The molecular weight excluding hydrogens is 324 g/mol. The maximum Gasteiger partial charge on any atom is -0.0414 e. The van der Waals surface area contributed by atoms with Crippen LogP contribution in [0.25, 0.3) is 0 Å². The summed E-state index contributed by atoms with van der Waals surface area (Å²) in [5.74, 6) is 1.04. The van der Waals surface area contributed by atoms with Gasteiger partial charge in [0.15, 0.2) is 0 Å². The van der Waals surface area contributed by atoms with Crippen molar-refractivity contribution in [2.45, 2.75) is 168 Å². The molecule has 0 nitrogen and oxygen atoms in total. The summed E-state index contributed by atoms with van der Waals surface area (Å²) < 4.78 is 0. The molecule has 0 rings (SSSR count). The molecule has 0 N–H and O–H groups in total. The normalized spacial score (nSPS) is 11.6. The van der Waals surface area contributed by atoms with E-state index < -0.39 is 0 Å². The predicted molar refractivity (Wildman–Crippen MR) is 127 cm³/mol. The van der Waals surface area contributed by atoms with E-state index in [-0.39, 0.29) is 0 Å². The Morgan fingerprint density at radius 2 is 0.556 bits per heavy atom. The van der Waals surface area contributed by atoms with Crippen molar-refractivity contribution in [1.29, 1.82) is 0 Å². The van der Waals surface area contributed by atoms with Crippen molar-refractivity contribution >= 4 is 0 Å². The third-order valence-electron chi connectivity index (χ3n) is 6.40. The zero-order chi connectivity index (χ0) is 19.8. The zero-order valence-corrected chi connectivity index (χ0v) is 19.8. The largest absolute Gasteiger partial charge is 0.0654 e. The smallest absolute Gasteiger partial charge is 0.0414 e. The van der Waals surface area contributed by atoms with Gasteiger partial charge in [0.2, 0.25) is 0 Å². The summed E-state index contributed by atoms with van der Waals surface area (Å²) in [7, 11) is 0. The average Bonchev–Trinajstić information content (AvgIpc) is 2.68. The van der Waals surface area contributed by atoms with E-state index in [1.807, 2.05) is 0 Å². The molecule has 0 aromatic carbocycles. The number of unbranched alkanes of at least 4 members (excludes halogenated alkanes) is 17. The van der Waals surface area contributed by atoms with E-state index in [0.29, 0.717) is 0 Å². The minimum absolute atomic E-state index is 1.04. The zero-order valence-electron chi connectivity index (χ0n) is 19.8. The summed E-state index contributed by atoms with van der Waals surface area (Å²) in [5, 5.41) is 0. The Kier molecular flexibility index (Phi) is 24.0. The van der Waals surface area contributed by atoms with Crippen LogP contribution in [0.3, 0.4) is 0 Å². The van der Waals surface area contributed by atoms with E-state index in [1.54, 1.807) is 0 Å². The second-order valence-corrected chi connectivity index (χ2v) is 9.24. The molecule has 27 heavy (non-hydrogen) atoms. The predicted octanol–water partition coefficient (Wildman–Crippen LogP) is 10.6. The second kappa shape index (κ2) is 24.0. The van der Waals surface area contributed by atoms with Crippen LogP contribution in [-0.4, -0.2) is 0 Å². The van der Waals surface area contributed by atoms with Gasteiger partial charge in [-0.15, -0.1) is 0 Å². The molecule has 0 aliphatic carbocycles. The number of rotatable bonds is 23. The summed E-state index contributed by atoms with van der Waals surface area (Å²) in [5.41, 5.74) is 0. The maximum atomic E-state index is 2.36. The fourth-order valence-electron chi connectivity index (χ4n) is 4.41. The summed E-state index contributed by atoms with van der Waals surface area (Å²) in [6, 6.07) is 0. The van der Waals surface area contributed by atoms with Crippen LogP contribution in [-0.2, 0) is 0 Å². The van der Waals surface area contributed by atoms with Crippen LogP contribution < -0.4 is 0 Å². The number of hydrogen-bond donors (Lipinski definition) is 0. The highest BCUT2D eigenvalue weighted by atomic mass is 14.1. The Balaban J connectivity index is 3.53. The minimum atomic E-state index is 1.04. The Morgan fingerprint density at radius 1 is 0.296 bits per heavy atom. The maximum absolute atomic E-state index is 2.36. The molecule has 0 unspecified atom stereocenters. The summed E-state index contributed by atoms with van der Waals surface area (Å²) in [6.07, 6.45) is 33.8. The van der Waals surface area contributed by atoms with E-state index in [0.717, 1.165) is 5.92 Å². The molecule has 0 saturated heterocycles. The van der Waals surface area contributed by atoms with Gasteiger partial charge >= 0.3 is 0 Å². The summed E-state index contributed by atoms with van der Waals surface area (Å²) in [6.45, 7) is 6.97. The van der Waals surface area contributed by atoms with Crippen LogP contribution >= 0.6 is 0 Å². The molecule has 0 aromatic heterocycles. The molecule has 0 atom stereocenters. The Morgan fingerprint density at radius 3 is 0.889 bits per heavy atom. The molecule has 0 bridgehead atoms. The quantitative estimate of drug-likeness (QED) is 0.155. The van der Waals surface area contributed by atoms with Gasteiger partial charge in [0, 0.05) is 0 Å². The average molecular weight is 381 g/mol. The van der Waals surface area contributed by atoms with Crippen LogP contribution in [0.5, 0.6) is 0 Å². The van der Waals surface area contributed by atoms with Crippen molar-refractivity contribution in [3.05, 3.63) is 0 Å². The molecule has 0 aliphatic heterocycles. The van der Waals surface area contributed by atoms with E-state index in [1.165, 1.54) is 148 Å². The van der Waals surface area contributed by atoms with E-state index in [2.05, 4.69) is 20.8 Å². The first-order valence-corrected chi connectivity index (χ1v) is 13.3. The van der Waals surface area contributed by atoms with Gasteiger partial charge in [0.05, 0.1) is 0 Å². The van der Waals surface area contributed by atoms with Gasteiger partial charge in [0.1, 0.15) is 0 Å². The van der Waals surface area contributed by atoms with Gasteiger partial charge in [-0.25, -0.2) is 0 Å². The van der Waals surface area contributed by atoms with Gasteiger partial charge < -0.3 is 0 Å². The molecular formula is C27H56. The highest BCUT2D eigenvalue weighted by Crippen LogP contribution is 2.24. The molecule has 0 saturated carbocycles. The highest BCUT2D eigenvalue weighted by molar-refractivity contribution is 4.61. The van der Waals surface area contributed by atoms with E-state index in [9.17, 15) is 0 Å². The molecule has 0 amide bonds. The van der Waals surface area contributed by atoms with Crippen molar-refractivity contribution in [2.24, 2.45) is 5.92 Å². The number of hydrogen-bond acceptors (Lipinski definition) is 0. The monoisotopic (exact) mass is 380 g/mol. The van der Waals surface area contributed by atoms with Gasteiger partial charge in [-0.2, -0.15) is 0 Å². The third-order valence-corrected chi connectivity index (χ3v) is 6.40. The van der Waals surface area contributed by atoms with Crippen LogP contribution in [0, 0.1) is 5.92 Å². The molecule has 0 spiro atoms. The lowest BCUT2D eigenvalue weighted by molar-refractivity contribution is 0.370. The lowest BCUT2D eigenvalue weighted by Gasteiger charge is -2.16. The lowest BCUT2D eigenvalue weighted by atomic mass is 9.90. The standard InChI is InChI=1S/C27H56/c1-4-7-10-12-14-16-18-20-22-25-27(24-9-6-3)26-23-21-19-17-15-13-11-8-5-2/h27H,4-26H2,1-3H3. The van der Waals surface area contributed by atoms with Crippen LogP contribution in [0.2, 0.25) is 0 Å². The Hall–Kier alpha value is 0. The van der Waals surface area contributed by atoms with Crippen molar-refractivity contribution in [2.75, 3.05) is 0 Å². The summed E-state index contributed by atoms with van der Waals surface area (Å²) >= 11 is 0. The molecule has 0 aromatic rings. The molecule has 0 fully saturated rings. The van der Waals surface area contributed by atoms with Gasteiger partial charge in [-0.3, -0.25) is 0 Å². The first-order valence-electron chi connectivity index (χ1n) is 13.3. The van der Waals surface area contributed by atoms with Crippen LogP contribution in [0.1, 0.15) is 168 Å². The molecule has 0 aliphatic rings. The SMILES string of the molecule is CCCCCCCCCCCC(CCCC)CCCCCCCCCCC. The molecule has 0 heteroatoms. The van der Waals surface area contributed by atoms with Gasteiger partial charge in [0.25, 0.3) is 0 Å². The van der Waals surface area contributed by atoms with E-state index in [4.69, 9.17) is 0 Å². The Bertz CT molecular complexity index is 222. The topological polar surface area (TPSA) is 0 Å². The third kappa shape index (κ3) is 22.2. The lowest BCUT2D eigenvalue weighted by Crippen LogP contribution is -2.01. The Labute approximate surface area is 174 Å². The van der Waals surface area contributed by atoms with Crippen LogP contribution in [0.15, 0.2) is 0 Å². The van der Waals surface area contributed by atoms with Crippen molar-refractivity contribution in [1.82, 2.24) is 0 Å². The van der Waals surface area contributed by atoms with Gasteiger partial charge in [-0.05, 0) is 5.92 Å². The van der Waals surface area contributed by atoms with Gasteiger partial charge in [-0.1, -0.05) is 168 Å². The minimum Gasteiger partial charge on any atom is -0.0654 e. The second-order valence-electron chi connectivity index (χ2n) is 9.24. The van der Waals surface area contributed by atoms with Crippen LogP contribution in [0.4, 0.5) is 0 Å². The summed E-state index contributed by atoms with van der Waals surface area (Å²) in [4.78, 5) is 0. The van der Waals surface area contributed by atoms with Crippen molar-refractivity contribution in [3.63, 3.8) is 0 Å². The fourth-order valence-corrected chi connectivity index (χ4v) is 4.41. The van der Waals surface area contributed by atoms with Crippen molar-refractivity contribution in [3.8, 4) is 0 Å². The first kappa shape index (κ1) is 27.0. The van der Waals surface area contributed by atoms with Crippen molar-refractivity contribution < 1.29 is 0 Å².